The molecule has 0 atom stereocenters. The van der Waals surface area contributed by atoms with Crippen molar-refractivity contribution >= 4 is 5.95 Å². The van der Waals surface area contributed by atoms with E-state index in [2.05, 4.69) is 39.3 Å². The third-order valence-corrected chi connectivity index (χ3v) is 3.84. The first-order valence-corrected chi connectivity index (χ1v) is 8.09. The average molecular weight is 339 g/mol. The van der Waals surface area contributed by atoms with Gasteiger partial charge in [0.2, 0.25) is 5.95 Å². The van der Waals surface area contributed by atoms with Crippen molar-refractivity contribution in [3.8, 4) is 17.1 Å². The molecule has 0 saturated heterocycles. The minimum absolute atomic E-state index is 0.226. The van der Waals surface area contributed by atoms with E-state index in [1.807, 2.05) is 30.3 Å². The summed E-state index contributed by atoms with van der Waals surface area (Å²) >= 11 is 0. The highest BCUT2D eigenvalue weighted by atomic mass is 16.5. The predicted octanol–water partition coefficient (Wildman–Crippen LogP) is 2.90. The number of benzene rings is 1. The molecule has 0 spiro atoms. The van der Waals surface area contributed by atoms with Crippen molar-refractivity contribution in [3.05, 3.63) is 58.0 Å². The number of hydrogen-bond donors (Lipinski definition) is 3. The minimum Gasteiger partial charge on any atom is -0.497 e. The van der Waals surface area contributed by atoms with Gasteiger partial charge in [0.15, 0.2) is 0 Å². The summed E-state index contributed by atoms with van der Waals surface area (Å²) in [7, 11) is 1.63. The molecular formula is C18H21N5O2. The maximum Gasteiger partial charge on any atom is 0.252 e. The van der Waals surface area contributed by atoms with E-state index in [1.54, 1.807) is 7.11 Å². The summed E-state index contributed by atoms with van der Waals surface area (Å²) in [6.45, 7) is 4.68. The second-order valence-electron chi connectivity index (χ2n) is 6.04. The van der Waals surface area contributed by atoms with Crippen LogP contribution in [-0.4, -0.2) is 27.3 Å². The van der Waals surface area contributed by atoms with Gasteiger partial charge in [0.1, 0.15) is 11.4 Å². The fraction of sp³-hybridized carbons (Fsp3) is 0.278. The molecule has 3 aromatic rings. The van der Waals surface area contributed by atoms with E-state index in [-0.39, 0.29) is 5.56 Å². The third kappa shape index (κ3) is 4.06. The molecule has 0 bridgehead atoms. The second-order valence-corrected chi connectivity index (χ2v) is 6.04. The fourth-order valence-electron chi connectivity index (χ4n) is 2.37. The lowest BCUT2D eigenvalue weighted by molar-refractivity contribution is 0.414. The number of hydrogen-bond acceptors (Lipinski definition) is 5. The number of H-pyrrole nitrogens is 2. The number of aromatic amines is 2. The smallest absolute Gasteiger partial charge is 0.252 e. The number of nitrogens with zero attached hydrogens (tertiary/aromatic N) is 2. The van der Waals surface area contributed by atoms with E-state index in [1.165, 1.54) is 6.07 Å². The molecule has 2 heterocycles. The Hall–Kier alpha value is -3.09. The van der Waals surface area contributed by atoms with Gasteiger partial charge in [-0.25, -0.2) is 4.98 Å². The van der Waals surface area contributed by atoms with Crippen LogP contribution in [0.1, 0.15) is 31.0 Å². The molecule has 3 rings (SSSR count). The van der Waals surface area contributed by atoms with Crippen LogP contribution in [0.2, 0.25) is 0 Å². The number of nitrogens with one attached hydrogen (secondary N) is 3. The zero-order valence-electron chi connectivity index (χ0n) is 14.5. The Morgan fingerprint density at radius 3 is 2.56 bits per heavy atom. The predicted molar refractivity (Wildman–Crippen MR) is 96.8 cm³/mol. The number of ether oxygens (including phenoxy) is 1. The van der Waals surface area contributed by atoms with E-state index in [4.69, 9.17) is 4.74 Å². The van der Waals surface area contributed by atoms with Crippen LogP contribution in [0.3, 0.4) is 0 Å². The van der Waals surface area contributed by atoms with Gasteiger partial charge in [-0.3, -0.25) is 14.9 Å². The lowest BCUT2D eigenvalue weighted by Gasteiger charge is -2.07. The Bertz CT molecular complexity index is 896. The molecule has 0 aliphatic rings. The van der Waals surface area contributed by atoms with Crippen LogP contribution in [0.4, 0.5) is 5.95 Å². The Morgan fingerprint density at radius 1 is 1.16 bits per heavy atom. The first-order valence-electron chi connectivity index (χ1n) is 8.09. The Balaban J connectivity index is 1.77. The van der Waals surface area contributed by atoms with Crippen LogP contribution in [0.5, 0.6) is 5.75 Å². The molecule has 0 aliphatic heterocycles. The van der Waals surface area contributed by atoms with Gasteiger partial charge in [0, 0.05) is 18.3 Å². The Morgan fingerprint density at radius 2 is 1.92 bits per heavy atom. The minimum atomic E-state index is -0.226. The van der Waals surface area contributed by atoms with E-state index in [9.17, 15) is 4.79 Å². The number of methoxy groups -OCH3 is 1. The number of anilines is 1. The molecular weight excluding hydrogens is 318 g/mol. The molecule has 25 heavy (non-hydrogen) atoms. The monoisotopic (exact) mass is 339 g/mol. The SMILES string of the molecule is COc1ccc(CNc2nc(-c3cc(C(C)C)[nH]n3)cc(=O)[nH]2)cc1. The lowest BCUT2D eigenvalue weighted by atomic mass is 10.1. The topological polar surface area (TPSA) is 95.7 Å². The van der Waals surface area contributed by atoms with E-state index in [0.717, 1.165) is 17.0 Å². The van der Waals surface area contributed by atoms with Crippen LogP contribution < -0.4 is 15.6 Å². The standard InChI is InChI=1S/C18H21N5O2/c1-11(2)14-8-16(23-22-14)15-9-17(24)21-18(20-15)19-10-12-4-6-13(25-3)7-5-12/h4-9,11H,10H2,1-3H3,(H,22,23)(H2,19,20,21,24). The van der Waals surface area contributed by atoms with Crippen molar-refractivity contribution < 1.29 is 4.74 Å². The van der Waals surface area contributed by atoms with Gasteiger partial charge in [0.25, 0.3) is 5.56 Å². The fourth-order valence-corrected chi connectivity index (χ4v) is 2.37. The van der Waals surface area contributed by atoms with Gasteiger partial charge in [-0.05, 0) is 29.7 Å². The van der Waals surface area contributed by atoms with Crippen molar-refractivity contribution in [2.24, 2.45) is 0 Å². The van der Waals surface area contributed by atoms with Gasteiger partial charge in [-0.15, -0.1) is 0 Å². The Labute approximate surface area is 145 Å². The van der Waals surface area contributed by atoms with Crippen LogP contribution in [0, 0.1) is 0 Å². The van der Waals surface area contributed by atoms with Crippen LogP contribution in [0.25, 0.3) is 11.4 Å². The summed E-state index contributed by atoms with van der Waals surface area (Å²) in [6, 6.07) is 11.0. The van der Waals surface area contributed by atoms with Gasteiger partial charge in [0.05, 0.1) is 12.8 Å². The molecule has 0 unspecified atom stereocenters. The van der Waals surface area contributed by atoms with Crippen molar-refractivity contribution in [3.63, 3.8) is 0 Å². The molecule has 0 saturated carbocycles. The van der Waals surface area contributed by atoms with E-state index in [0.29, 0.717) is 29.8 Å². The zero-order chi connectivity index (χ0) is 17.8. The number of aromatic nitrogens is 4. The molecule has 0 aliphatic carbocycles. The summed E-state index contributed by atoms with van der Waals surface area (Å²) in [5.41, 5.74) is 3.02. The summed E-state index contributed by atoms with van der Waals surface area (Å²) in [4.78, 5) is 19.1. The van der Waals surface area contributed by atoms with E-state index >= 15 is 0 Å². The van der Waals surface area contributed by atoms with Crippen molar-refractivity contribution in [2.75, 3.05) is 12.4 Å². The van der Waals surface area contributed by atoms with Gasteiger partial charge in [-0.2, -0.15) is 5.10 Å². The molecule has 7 heteroatoms. The summed E-state index contributed by atoms with van der Waals surface area (Å²) in [6.07, 6.45) is 0. The largest absolute Gasteiger partial charge is 0.497 e. The van der Waals surface area contributed by atoms with Gasteiger partial charge < -0.3 is 10.1 Å². The molecule has 1 aromatic carbocycles. The van der Waals surface area contributed by atoms with Crippen molar-refractivity contribution in [1.82, 2.24) is 20.2 Å². The van der Waals surface area contributed by atoms with Crippen molar-refractivity contribution in [2.45, 2.75) is 26.3 Å². The van der Waals surface area contributed by atoms with Gasteiger partial charge in [-0.1, -0.05) is 26.0 Å². The first kappa shape index (κ1) is 16.8. The quantitative estimate of drug-likeness (QED) is 0.642. The van der Waals surface area contributed by atoms with Gasteiger partial charge >= 0.3 is 0 Å². The summed E-state index contributed by atoms with van der Waals surface area (Å²) in [5.74, 6) is 1.54. The van der Waals surface area contributed by atoms with Crippen LogP contribution >= 0.6 is 0 Å². The highest BCUT2D eigenvalue weighted by Crippen LogP contribution is 2.19. The highest BCUT2D eigenvalue weighted by Gasteiger charge is 2.10. The van der Waals surface area contributed by atoms with Crippen LogP contribution in [0.15, 0.2) is 41.2 Å². The Kier molecular flexibility index (Phi) is 4.83. The maximum absolute atomic E-state index is 11.9. The number of rotatable bonds is 6. The zero-order valence-corrected chi connectivity index (χ0v) is 14.5. The third-order valence-electron chi connectivity index (χ3n) is 3.84. The lowest BCUT2D eigenvalue weighted by Crippen LogP contribution is -2.12. The maximum atomic E-state index is 11.9. The summed E-state index contributed by atoms with van der Waals surface area (Å²) in [5, 5.41) is 10.4. The molecule has 0 amide bonds. The van der Waals surface area contributed by atoms with Crippen molar-refractivity contribution in [1.29, 1.82) is 0 Å². The second kappa shape index (κ2) is 7.21. The van der Waals surface area contributed by atoms with E-state index < -0.39 is 0 Å². The molecule has 130 valence electrons. The van der Waals surface area contributed by atoms with Crippen LogP contribution in [-0.2, 0) is 6.54 Å². The summed E-state index contributed by atoms with van der Waals surface area (Å²) < 4.78 is 5.14. The molecule has 2 aromatic heterocycles. The highest BCUT2D eigenvalue weighted by molar-refractivity contribution is 5.55. The molecule has 0 fully saturated rings. The molecule has 7 nitrogen and oxygen atoms in total. The first-order chi connectivity index (χ1) is 12.0. The molecule has 0 radical (unpaired) electrons. The molecule has 3 N–H and O–H groups in total. The normalized spacial score (nSPS) is 10.9. The average Bonchev–Trinajstić information content (AvgIpc) is 3.10.